The van der Waals surface area contributed by atoms with Gasteiger partial charge in [0.1, 0.15) is 6.54 Å². The molecule has 0 unspecified atom stereocenters. The average Bonchev–Trinajstić information content (AvgIpc) is 3.04. The number of rotatable bonds is 5. The molecule has 2 N–H and O–H groups in total. The van der Waals surface area contributed by atoms with Gasteiger partial charge in [-0.05, 0) is 38.5 Å². The lowest BCUT2D eigenvalue weighted by molar-refractivity contribution is -0.121. The Kier molecular flexibility index (Phi) is 4.85. The first-order valence-corrected chi connectivity index (χ1v) is 8.39. The molecule has 0 saturated carbocycles. The first-order valence-electron chi connectivity index (χ1n) is 8.39. The molecule has 0 fully saturated rings. The van der Waals surface area contributed by atoms with Gasteiger partial charge >= 0.3 is 0 Å². The van der Waals surface area contributed by atoms with E-state index in [1.807, 2.05) is 49.1 Å². The third-order valence-corrected chi connectivity index (χ3v) is 4.52. The summed E-state index contributed by atoms with van der Waals surface area (Å²) in [6.45, 7) is 6.27. The number of hydrogen-bond acceptors (Lipinski definition) is 4. The fraction of sp³-hybridized carbons (Fsp3) is 0.389. The van der Waals surface area contributed by atoms with Gasteiger partial charge in [0, 0.05) is 12.2 Å². The SMILES string of the molecule is Cc1cnn([C@H](C)[C@@H](C)NCC(=O)N2CC(=O)Nc3ccccc32)c1. The van der Waals surface area contributed by atoms with Crippen molar-refractivity contribution in [3.05, 3.63) is 42.2 Å². The van der Waals surface area contributed by atoms with Crippen molar-refractivity contribution in [3.8, 4) is 0 Å². The number of nitrogens with one attached hydrogen (secondary N) is 2. The number of hydrogen-bond donors (Lipinski definition) is 2. The van der Waals surface area contributed by atoms with Crippen LogP contribution < -0.4 is 15.5 Å². The Labute approximate surface area is 147 Å². The van der Waals surface area contributed by atoms with Crippen LogP contribution in [0, 0.1) is 6.92 Å². The molecule has 2 atom stereocenters. The normalized spacial score (nSPS) is 16.1. The topological polar surface area (TPSA) is 79.3 Å². The second-order valence-electron chi connectivity index (χ2n) is 6.45. The average molecular weight is 341 g/mol. The maximum absolute atomic E-state index is 12.6. The summed E-state index contributed by atoms with van der Waals surface area (Å²) in [6, 6.07) is 7.49. The summed E-state index contributed by atoms with van der Waals surface area (Å²) in [6.07, 6.45) is 3.80. The van der Waals surface area contributed by atoms with Crippen LogP contribution in [0.3, 0.4) is 0 Å². The van der Waals surface area contributed by atoms with Crippen molar-refractivity contribution in [1.82, 2.24) is 15.1 Å². The van der Waals surface area contributed by atoms with Crippen molar-refractivity contribution in [3.63, 3.8) is 0 Å². The molecular formula is C18H23N5O2. The van der Waals surface area contributed by atoms with Gasteiger partial charge in [-0.2, -0.15) is 5.10 Å². The van der Waals surface area contributed by atoms with Gasteiger partial charge in [-0.25, -0.2) is 0 Å². The summed E-state index contributed by atoms with van der Waals surface area (Å²) < 4.78 is 1.89. The number of fused-ring (bicyclic) bond motifs is 1. The summed E-state index contributed by atoms with van der Waals surface area (Å²) >= 11 is 0. The molecule has 1 aliphatic rings. The lowest BCUT2D eigenvalue weighted by Gasteiger charge is -2.30. The van der Waals surface area contributed by atoms with Gasteiger partial charge in [0.05, 0.1) is 30.2 Å². The standard InChI is InChI=1S/C18H23N5O2/c1-12-8-20-23(10-12)14(3)13(2)19-9-18(25)22-11-17(24)21-15-6-4-5-7-16(15)22/h4-8,10,13-14,19H,9,11H2,1-3H3,(H,21,24)/t13-,14-/m1/s1. The molecule has 1 aliphatic heterocycles. The summed E-state index contributed by atoms with van der Waals surface area (Å²) in [4.78, 5) is 26.0. The van der Waals surface area contributed by atoms with Crippen molar-refractivity contribution in [1.29, 1.82) is 0 Å². The van der Waals surface area contributed by atoms with Crippen LogP contribution in [0.2, 0.25) is 0 Å². The third kappa shape index (κ3) is 3.71. The van der Waals surface area contributed by atoms with Crippen molar-refractivity contribution in [2.24, 2.45) is 0 Å². The van der Waals surface area contributed by atoms with E-state index in [9.17, 15) is 9.59 Å². The van der Waals surface area contributed by atoms with Crippen LogP contribution in [0.5, 0.6) is 0 Å². The Morgan fingerprint density at radius 2 is 2.12 bits per heavy atom. The zero-order valence-corrected chi connectivity index (χ0v) is 14.7. The highest BCUT2D eigenvalue weighted by Gasteiger charge is 2.27. The lowest BCUT2D eigenvalue weighted by atomic mass is 10.1. The largest absolute Gasteiger partial charge is 0.323 e. The minimum Gasteiger partial charge on any atom is -0.323 e. The highest BCUT2D eigenvalue weighted by Crippen LogP contribution is 2.28. The molecule has 0 bridgehead atoms. The molecule has 1 aromatic heterocycles. The molecule has 1 aromatic carbocycles. The van der Waals surface area contributed by atoms with Crippen molar-refractivity contribution in [2.45, 2.75) is 32.9 Å². The van der Waals surface area contributed by atoms with E-state index in [1.165, 1.54) is 4.90 Å². The highest BCUT2D eigenvalue weighted by molar-refractivity contribution is 6.10. The van der Waals surface area contributed by atoms with E-state index in [2.05, 4.69) is 22.7 Å². The van der Waals surface area contributed by atoms with Crippen LogP contribution in [-0.4, -0.2) is 40.7 Å². The fourth-order valence-electron chi connectivity index (χ4n) is 2.85. The van der Waals surface area contributed by atoms with Gasteiger partial charge in [0.25, 0.3) is 0 Å². The molecule has 7 nitrogen and oxygen atoms in total. The smallest absolute Gasteiger partial charge is 0.244 e. The lowest BCUT2D eigenvalue weighted by Crippen LogP contribution is -2.47. The molecule has 2 amide bonds. The van der Waals surface area contributed by atoms with Crippen molar-refractivity contribution in [2.75, 3.05) is 23.3 Å². The predicted octanol–water partition coefficient (Wildman–Crippen LogP) is 1.72. The maximum atomic E-state index is 12.6. The quantitative estimate of drug-likeness (QED) is 0.868. The molecule has 132 valence electrons. The maximum Gasteiger partial charge on any atom is 0.244 e. The van der Waals surface area contributed by atoms with Crippen molar-refractivity contribution >= 4 is 23.2 Å². The van der Waals surface area contributed by atoms with E-state index in [-0.39, 0.29) is 37.0 Å². The predicted molar refractivity (Wildman–Crippen MR) is 96.6 cm³/mol. The van der Waals surface area contributed by atoms with E-state index >= 15 is 0 Å². The second kappa shape index (κ2) is 7.06. The van der Waals surface area contributed by atoms with Gasteiger partial charge in [0.15, 0.2) is 0 Å². The molecule has 0 radical (unpaired) electrons. The monoisotopic (exact) mass is 341 g/mol. The number of amides is 2. The Morgan fingerprint density at radius 3 is 2.84 bits per heavy atom. The van der Waals surface area contributed by atoms with E-state index in [1.54, 1.807) is 6.07 Å². The van der Waals surface area contributed by atoms with E-state index < -0.39 is 0 Å². The number of aryl methyl sites for hydroxylation is 1. The molecule has 0 aliphatic carbocycles. The Morgan fingerprint density at radius 1 is 1.36 bits per heavy atom. The fourth-order valence-corrected chi connectivity index (χ4v) is 2.85. The van der Waals surface area contributed by atoms with Crippen molar-refractivity contribution < 1.29 is 9.59 Å². The molecule has 2 heterocycles. The molecule has 7 heteroatoms. The first-order chi connectivity index (χ1) is 12.0. The van der Waals surface area contributed by atoms with Crippen LogP contribution in [0.4, 0.5) is 11.4 Å². The second-order valence-corrected chi connectivity index (χ2v) is 6.45. The molecule has 0 spiro atoms. The van der Waals surface area contributed by atoms with E-state index in [0.29, 0.717) is 5.69 Å². The zero-order chi connectivity index (χ0) is 18.0. The van der Waals surface area contributed by atoms with E-state index in [4.69, 9.17) is 0 Å². The van der Waals surface area contributed by atoms with Gasteiger partial charge in [-0.15, -0.1) is 0 Å². The minimum atomic E-state index is -0.180. The Bertz CT molecular complexity index is 785. The molecular weight excluding hydrogens is 318 g/mol. The Hall–Kier alpha value is -2.67. The number of para-hydroxylation sites is 2. The number of carbonyl (C=O) groups is 2. The minimum absolute atomic E-state index is 0.0415. The first kappa shape index (κ1) is 17.2. The number of aromatic nitrogens is 2. The van der Waals surface area contributed by atoms with E-state index in [0.717, 1.165) is 11.3 Å². The summed E-state index contributed by atoms with van der Waals surface area (Å²) in [5.41, 5.74) is 2.50. The van der Waals surface area contributed by atoms with Crippen LogP contribution in [0.25, 0.3) is 0 Å². The van der Waals surface area contributed by atoms with Crippen LogP contribution in [0.15, 0.2) is 36.7 Å². The van der Waals surface area contributed by atoms with Gasteiger partial charge < -0.3 is 10.6 Å². The molecule has 0 saturated heterocycles. The number of carbonyl (C=O) groups excluding carboxylic acids is 2. The third-order valence-electron chi connectivity index (χ3n) is 4.52. The zero-order valence-electron chi connectivity index (χ0n) is 14.7. The van der Waals surface area contributed by atoms with Crippen LogP contribution >= 0.6 is 0 Å². The highest BCUT2D eigenvalue weighted by atomic mass is 16.2. The van der Waals surface area contributed by atoms with Crippen LogP contribution in [0.1, 0.15) is 25.5 Å². The number of nitrogens with zero attached hydrogens (tertiary/aromatic N) is 3. The molecule has 3 rings (SSSR count). The number of benzene rings is 1. The molecule has 2 aromatic rings. The summed E-state index contributed by atoms with van der Waals surface area (Å²) in [5, 5.41) is 10.4. The van der Waals surface area contributed by atoms with Gasteiger partial charge in [-0.1, -0.05) is 12.1 Å². The van der Waals surface area contributed by atoms with Gasteiger partial charge in [0.2, 0.25) is 11.8 Å². The summed E-state index contributed by atoms with van der Waals surface area (Å²) in [7, 11) is 0. The molecule has 25 heavy (non-hydrogen) atoms. The van der Waals surface area contributed by atoms with Gasteiger partial charge in [-0.3, -0.25) is 19.2 Å². The summed E-state index contributed by atoms with van der Waals surface area (Å²) in [5.74, 6) is -0.307. The number of anilines is 2. The Balaban J connectivity index is 1.64. The van der Waals surface area contributed by atoms with Crippen LogP contribution in [-0.2, 0) is 9.59 Å².